The average Bonchev–Trinajstić information content (AvgIpc) is 1.50. The molecule has 0 heteroatoms. The van der Waals surface area contributed by atoms with Gasteiger partial charge in [-0.3, -0.25) is 0 Å². The fourth-order valence-corrected chi connectivity index (χ4v) is 44.3. The lowest BCUT2D eigenvalue weighted by atomic mass is 9.57. The number of hydrogen-bond acceptors (Lipinski definition) is 0. The van der Waals surface area contributed by atoms with Gasteiger partial charge in [0.05, 0.1) is 0 Å². The van der Waals surface area contributed by atoms with Crippen LogP contribution >= 0.6 is 0 Å². The molecule has 0 aliphatic heterocycles. The molecule has 0 amide bonds. The smallest absolute Gasteiger partial charge is 0.00591 e. The van der Waals surface area contributed by atoms with Crippen molar-refractivity contribution in [2.45, 2.75) is 257 Å². The summed E-state index contributed by atoms with van der Waals surface area (Å²) >= 11 is 0. The van der Waals surface area contributed by atoms with Crippen molar-refractivity contribution in [3.8, 4) is 0 Å². The summed E-state index contributed by atoms with van der Waals surface area (Å²) in [5.41, 5.74) is 17.4. The van der Waals surface area contributed by atoms with Gasteiger partial charge in [-0.25, -0.2) is 0 Å². The fourth-order valence-electron chi connectivity index (χ4n) is 44.3. The van der Waals surface area contributed by atoms with Gasteiger partial charge in [0, 0.05) is 0 Å². The highest BCUT2D eigenvalue weighted by atomic mass is 14.8. The lowest BCUT2D eigenvalue weighted by Crippen LogP contribution is -2.40. The molecule has 143 heavy (non-hydrogen) atoms. The maximum Gasteiger partial charge on any atom is -0.00591 e. The van der Waals surface area contributed by atoms with Crippen LogP contribution in [0.15, 0.2) is 291 Å². The number of benzene rings is 9. The van der Waals surface area contributed by atoms with E-state index in [1.165, 1.54) is 144 Å². The molecule has 16 saturated carbocycles. The van der Waals surface area contributed by atoms with E-state index in [9.17, 15) is 0 Å². The van der Waals surface area contributed by atoms with E-state index in [0.717, 1.165) is 266 Å². The third kappa shape index (κ3) is 15.6. The van der Waals surface area contributed by atoms with Crippen molar-refractivity contribution < 1.29 is 0 Å². The molecule has 740 valence electrons. The maximum atomic E-state index is 2.62. The van der Waals surface area contributed by atoms with Gasteiger partial charge in [0.25, 0.3) is 0 Å². The van der Waals surface area contributed by atoms with Crippen molar-refractivity contribution in [1.29, 1.82) is 0 Å². The molecule has 25 aliphatic rings. The van der Waals surface area contributed by atoms with E-state index in [4.69, 9.17) is 0 Å². The van der Waals surface area contributed by atoms with Crippen LogP contribution in [0.2, 0.25) is 0 Å². The van der Waals surface area contributed by atoms with Gasteiger partial charge in [-0.15, -0.1) is 0 Å². The molecule has 34 rings (SSSR count). The third-order valence-corrected chi connectivity index (χ3v) is 48.9. The van der Waals surface area contributed by atoms with E-state index in [-0.39, 0.29) is 0 Å². The molecule has 0 saturated heterocycles. The van der Waals surface area contributed by atoms with Crippen LogP contribution in [-0.2, 0) is 25.7 Å². The Kier molecular flexibility index (Phi) is 23.4. The van der Waals surface area contributed by atoms with Crippen molar-refractivity contribution >= 4 is 21.5 Å². The fraction of sp³-hybridized carbons (Fsp3) is 0.566. The highest BCUT2D eigenvalue weighted by Crippen LogP contribution is 2.79. The molecule has 16 fully saturated rings. The van der Waals surface area contributed by atoms with E-state index in [0.29, 0.717) is 11.8 Å². The summed E-state index contributed by atoms with van der Waals surface area (Å²) < 4.78 is 0. The quantitative estimate of drug-likeness (QED) is 0.0727. The van der Waals surface area contributed by atoms with Gasteiger partial charge in [0.2, 0.25) is 0 Å². The molecule has 0 heterocycles. The third-order valence-electron chi connectivity index (χ3n) is 48.9. The Morgan fingerprint density at radius 2 is 0.629 bits per heavy atom. The van der Waals surface area contributed by atoms with Crippen molar-refractivity contribution in [2.24, 2.45) is 242 Å². The zero-order valence-corrected chi connectivity index (χ0v) is 87.6. The van der Waals surface area contributed by atoms with Crippen LogP contribution in [0.4, 0.5) is 0 Å². The lowest BCUT2D eigenvalue weighted by molar-refractivity contribution is 0.0234. The molecule has 25 aliphatic carbocycles. The van der Waals surface area contributed by atoms with Crippen molar-refractivity contribution in [3.05, 3.63) is 347 Å². The molecule has 0 radical (unpaired) electrons. The van der Waals surface area contributed by atoms with Crippen LogP contribution in [0.25, 0.3) is 21.5 Å². The van der Waals surface area contributed by atoms with Crippen LogP contribution in [0, 0.1) is 242 Å². The summed E-state index contributed by atoms with van der Waals surface area (Å²) in [5.74, 6) is 43.5. The van der Waals surface area contributed by atoms with Gasteiger partial charge in [-0.2, -0.15) is 0 Å². The van der Waals surface area contributed by atoms with Gasteiger partial charge < -0.3 is 0 Å². The molecule has 16 bridgehead atoms. The monoisotopic (exact) mass is 1890 g/mol. The van der Waals surface area contributed by atoms with Crippen LogP contribution in [-0.4, -0.2) is 0 Å². The first kappa shape index (κ1) is 91.2. The minimum atomic E-state index is 0.705. The topological polar surface area (TPSA) is 0 Å². The molecule has 1 spiro atoms. The largest absolute Gasteiger partial charge is 0.0854 e. The molecule has 0 aromatic heterocycles. The maximum absolute atomic E-state index is 2.62. The van der Waals surface area contributed by atoms with E-state index >= 15 is 0 Å². The predicted molar refractivity (Wildman–Crippen MR) is 593 cm³/mol. The molecule has 9 aromatic carbocycles. The number of rotatable bonds is 10. The number of hydrogen-bond donors (Lipinski definition) is 0. The molecular formula is C143H168. The first-order valence-corrected chi connectivity index (χ1v) is 60.6. The molecule has 47 atom stereocenters. The molecule has 47 unspecified atom stereocenters. The summed E-state index contributed by atoms with van der Waals surface area (Å²) in [7, 11) is 0. The van der Waals surface area contributed by atoms with Crippen LogP contribution < -0.4 is 0 Å². The molecule has 0 nitrogen and oxygen atoms in total. The Hall–Kier alpha value is -8.06. The summed E-state index contributed by atoms with van der Waals surface area (Å²) in [5, 5.41) is 5.83. The Balaban J connectivity index is 0.0000000820. The Labute approximate surface area is 861 Å². The number of fused-ring (bicyclic) bond motifs is 39. The minimum absolute atomic E-state index is 0.705. The zero-order valence-electron chi connectivity index (χ0n) is 87.6. The van der Waals surface area contributed by atoms with Crippen LogP contribution in [0.5, 0.6) is 0 Å². The summed E-state index contributed by atoms with van der Waals surface area (Å²) in [6, 6.07) is 82.8. The first-order valence-electron chi connectivity index (χ1n) is 60.6. The summed E-state index contributed by atoms with van der Waals surface area (Å²) in [6.45, 7) is 14.4. The van der Waals surface area contributed by atoms with E-state index in [1.54, 1.807) is 113 Å². The van der Waals surface area contributed by atoms with E-state index < -0.39 is 0 Å². The highest BCUT2D eigenvalue weighted by Gasteiger charge is 2.71. The van der Waals surface area contributed by atoms with Gasteiger partial charge in [-0.05, 0) is 541 Å². The molecule has 9 aromatic rings. The average molecular weight is 1890 g/mol. The standard InChI is InChI=1S/C27H28.C25H30.C25H32.C25H28.C21H26.C20H24/c1-17-10-11-20(12-17)25-15-22-14-21(25)16-26(22)27-23-8-4-2-6-18(23)13-19-7-3-5-9-24(19)27;1-13-6-7-15(8-13)18-10-16-11-19(18)25-22-12-21(23(16)25)20-9-14-4-2-3-5-17(14)24(20)22;1-16-7-8-19(9-16)23-10-17-11-24(23)25(14-17)15-20-12-21(25)13-22(20)18-5-3-2-4-6-18;1-17-12-13-20(14-17)22-15-21-16-23(22)25(19-10-6-3-7-11-19)24(21)18-8-4-2-5-9-18;1-13-6-7-16(8-13)18-11-17-12-21(18)20-10-15-5-3-2-4-14(15)9-19(17)20;1-12-6-7-14(8-12)17-10-15-11-19(17)20-16-5-3-2-4-13(16)9-18(15)20/h2-11,13,17,20-22,25-26H,12,14-16H2,1H3;2-7,13,15-16,18-25H,8-12H2,1H3;2-8,16-17,19-24H,9-15H2,1H3;2-13,17,20-25H,14-16H2,1H3;2-7,13,16-21H,8-12H2,1H3;2-7,12,14-15,17-20H,8-11H2,1H3. The van der Waals surface area contributed by atoms with Gasteiger partial charge in [0.1, 0.15) is 0 Å². The lowest BCUT2D eigenvalue weighted by Gasteiger charge is -2.48. The normalized spacial score (nSPS) is 46.0. The second kappa shape index (κ2) is 36.7. The van der Waals surface area contributed by atoms with Crippen molar-refractivity contribution in [1.82, 2.24) is 0 Å². The minimum Gasteiger partial charge on any atom is -0.0854 e. The SMILES string of the molecule is CC1C=CC(C2CC3CC2C(c2ccccc2)C3c2ccccc2)C1.CC1C=CC(C2CC3CC2C2(C3)CC3CC2CC3c2ccccc2)C1.CC1C=CC(C2CC3CC2C2C4CC(C5Cc6ccccc6C54)C32)C1.CC1C=CC(C2CC3CC2C2Cc4ccccc4CC32)C1.CC1C=CC(C2CC3CC2C2c4ccccc4CC32)C1.CC1C=CC(C2CC3CC2CC3c2c3ccccc3cc3ccccc23)C1. The van der Waals surface area contributed by atoms with Crippen molar-refractivity contribution in [2.75, 3.05) is 0 Å². The summed E-state index contributed by atoms with van der Waals surface area (Å²) in [6.07, 6.45) is 71.9. The first-order chi connectivity index (χ1) is 70.2. The number of allylic oxidation sites excluding steroid dienone is 12. The van der Waals surface area contributed by atoms with Crippen LogP contribution in [0.3, 0.4) is 0 Å². The Morgan fingerprint density at radius 3 is 1.17 bits per heavy atom. The Morgan fingerprint density at radius 1 is 0.217 bits per heavy atom. The Bertz CT molecular complexity index is 6290. The predicted octanol–water partition coefficient (Wildman–Crippen LogP) is 35.6. The summed E-state index contributed by atoms with van der Waals surface area (Å²) in [4.78, 5) is 0. The zero-order chi connectivity index (χ0) is 94.9. The molecule has 0 N–H and O–H groups in total. The highest BCUT2D eigenvalue weighted by molar-refractivity contribution is 6.03. The second-order valence-corrected chi connectivity index (χ2v) is 55.5. The second-order valence-electron chi connectivity index (χ2n) is 55.5. The van der Waals surface area contributed by atoms with Crippen LogP contribution in [0.1, 0.15) is 287 Å². The van der Waals surface area contributed by atoms with Gasteiger partial charge in [-0.1, -0.05) is 327 Å². The van der Waals surface area contributed by atoms with E-state index in [2.05, 4.69) is 333 Å². The van der Waals surface area contributed by atoms with Crippen molar-refractivity contribution in [3.63, 3.8) is 0 Å². The van der Waals surface area contributed by atoms with Gasteiger partial charge >= 0.3 is 0 Å². The van der Waals surface area contributed by atoms with Gasteiger partial charge in [0.15, 0.2) is 0 Å². The van der Waals surface area contributed by atoms with E-state index in [1.807, 2.05) is 0 Å². The molecular weight excluding hydrogens is 1720 g/mol.